The van der Waals surface area contributed by atoms with E-state index in [1.54, 1.807) is 12.3 Å². The number of rotatable bonds is 7. The van der Waals surface area contributed by atoms with Crippen molar-refractivity contribution < 1.29 is 9.21 Å². The molecule has 0 radical (unpaired) electrons. The number of carbonyl (C=O) groups excluding carboxylic acids is 1. The summed E-state index contributed by atoms with van der Waals surface area (Å²) in [6.45, 7) is 9.85. The van der Waals surface area contributed by atoms with Gasteiger partial charge in [0.2, 0.25) is 0 Å². The van der Waals surface area contributed by atoms with E-state index in [2.05, 4.69) is 51.6 Å². The van der Waals surface area contributed by atoms with Gasteiger partial charge in [0.1, 0.15) is 5.76 Å². The lowest BCUT2D eigenvalue weighted by Gasteiger charge is -2.34. The Kier molecular flexibility index (Phi) is 6.68. The molecule has 140 valence electrons. The number of benzene rings is 1. The van der Waals surface area contributed by atoms with E-state index in [-0.39, 0.29) is 6.03 Å². The van der Waals surface area contributed by atoms with Crippen LogP contribution < -0.4 is 10.6 Å². The summed E-state index contributed by atoms with van der Waals surface area (Å²) in [7, 11) is 0. The van der Waals surface area contributed by atoms with Crippen molar-refractivity contribution in [3.05, 3.63) is 59.5 Å². The van der Waals surface area contributed by atoms with Crippen LogP contribution in [0.15, 0.2) is 47.1 Å². The van der Waals surface area contributed by atoms with E-state index in [1.165, 1.54) is 5.56 Å². The molecule has 2 N–H and O–H groups in total. The highest BCUT2D eigenvalue weighted by Crippen LogP contribution is 2.10. The second-order valence-electron chi connectivity index (χ2n) is 6.64. The lowest BCUT2D eigenvalue weighted by Crippen LogP contribution is -2.45. The summed E-state index contributed by atoms with van der Waals surface area (Å²) in [5.74, 6) is 0.740. The molecule has 1 aliphatic heterocycles. The lowest BCUT2D eigenvalue weighted by atomic mass is 10.1. The molecule has 0 unspecified atom stereocenters. The van der Waals surface area contributed by atoms with Gasteiger partial charge in [0.05, 0.1) is 12.8 Å². The first-order valence-electron chi connectivity index (χ1n) is 9.29. The van der Waals surface area contributed by atoms with E-state index >= 15 is 0 Å². The molecular formula is C20H28N4O2. The second-order valence-corrected chi connectivity index (χ2v) is 6.64. The first-order chi connectivity index (χ1) is 12.7. The van der Waals surface area contributed by atoms with Crippen LogP contribution in [0.3, 0.4) is 0 Å². The number of likely N-dealkylation sites (N-methyl/N-ethyl adjacent to an activating group) is 1. The Balaban J connectivity index is 1.38. The van der Waals surface area contributed by atoms with Crippen molar-refractivity contribution in [3.63, 3.8) is 0 Å². The minimum atomic E-state index is -0.195. The largest absolute Gasteiger partial charge is 0.467 e. The van der Waals surface area contributed by atoms with Gasteiger partial charge in [0.15, 0.2) is 0 Å². The topological polar surface area (TPSA) is 60.8 Å². The molecule has 1 saturated heterocycles. The predicted octanol–water partition coefficient (Wildman–Crippen LogP) is 2.42. The van der Waals surface area contributed by atoms with Gasteiger partial charge in [0, 0.05) is 39.3 Å². The molecule has 1 aromatic heterocycles. The minimum Gasteiger partial charge on any atom is -0.467 e. The normalized spacial score (nSPS) is 15.7. The van der Waals surface area contributed by atoms with Crippen LogP contribution in [0.5, 0.6) is 0 Å². The Hall–Kier alpha value is -2.31. The molecule has 0 saturated carbocycles. The predicted molar refractivity (Wildman–Crippen MR) is 102 cm³/mol. The molecule has 2 heterocycles. The molecule has 6 nitrogen and oxygen atoms in total. The zero-order valence-corrected chi connectivity index (χ0v) is 15.4. The van der Waals surface area contributed by atoms with E-state index < -0.39 is 0 Å². The Labute approximate surface area is 155 Å². The average Bonchev–Trinajstić information content (AvgIpc) is 3.20. The number of hydrogen-bond acceptors (Lipinski definition) is 4. The summed E-state index contributed by atoms with van der Waals surface area (Å²) in [6.07, 6.45) is 1.60. The maximum absolute atomic E-state index is 11.8. The van der Waals surface area contributed by atoms with Gasteiger partial charge in [-0.3, -0.25) is 4.90 Å². The summed E-state index contributed by atoms with van der Waals surface area (Å²) < 4.78 is 5.19. The Morgan fingerprint density at radius 3 is 2.27 bits per heavy atom. The zero-order chi connectivity index (χ0) is 18.2. The van der Waals surface area contributed by atoms with Crippen LogP contribution in [0.25, 0.3) is 0 Å². The maximum atomic E-state index is 11.8. The fourth-order valence-corrected chi connectivity index (χ4v) is 3.11. The summed E-state index contributed by atoms with van der Waals surface area (Å²) in [6, 6.07) is 11.9. The summed E-state index contributed by atoms with van der Waals surface area (Å²) in [4.78, 5) is 16.8. The van der Waals surface area contributed by atoms with Crippen LogP contribution in [0.4, 0.5) is 4.79 Å². The fraction of sp³-hybridized carbons (Fsp3) is 0.450. The minimum absolute atomic E-state index is 0.195. The van der Waals surface area contributed by atoms with Crippen LogP contribution in [-0.2, 0) is 19.6 Å². The quantitative estimate of drug-likeness (QED) is 0.800. The first kappa shape index (κ1) is 18.5. The van der Waals surface area contributed by atoms with Crippen LogP contribution in [-0.4, -0.2) is 48.6 Å². The van der Waals surface area contributed by atoms with Gasteiger partial charge in [-0.15, -0.1) is 0 Å². The van der Waals surface area contributed by atoms with Gasteiger partial charge in [0.25, 0.3) is 0 Å². The van der Waals surface area contributed by atoms with E-state index in [0.717, 1.165) is 50.6 Å². The van der Waals surface area contributed by atoms with E-state index in [9.17, 15) is 4.79 Å². The van der Waals surface area contributed by atoms with Gasteiger partial charge >= 0.3 is 6.03 Å². The third-order valence-corrected chi connectivity index (χ3v) is 4.80. The van der Waals surface area contributed by atoms with Crippen molar-refractivity contribution in [2.24, 2.45) is 0 Å². The molecule has 26 heavy (non-hydrogen) atoms. The Morgan fingerprint density at radius 1 is 0.962 bits per heavy atom. The SMILES string of the molecule is CCN1CCN(Cc2ccc(CNC(=O)NCc3ccco3)cc2)CC1. The number of amides is 2. The molecule has 2 amide bonds. The molecule has 2 aromatic rings. The first-order valence-corrected chi connectivity index (χ1v) is 9.29. The molecule has 6 heteroatoms. The van der Waals surface area contributed by atoms with Gasteiger partial charge in [-0.05, 0) is 29.8 Å². The zero-order valence-electron chi connectivity index (χ0n) is 15.4. The smallest absolute Gasteiger partial charge is 0.315 e. The number of nitrogens with one attached hydrogen (secondary N) is 2. The summed E-state index contributed by atoms with van der Waals surface area (Å²) in [5, 5.41) is 5.64. The van der Waals surface area contributed by atoms with Gasteiger partial charge < -0.3 is 20.0 Å². The summed E-state index contributed by atoms with van der Waals surface area (Å²) >= 11 is 0. The van der Waals surface area contributed by atoms with Crippen LogP contribution in [0.1, 0.15) is 23.8 Å². The maximum Gasteiger partial charge on any atom is 0.315 e. The molecular weight excluding hydrogens is 328 g/mol. The standard InChI is InChI=1S/C20H28N4O2/c1-2-23-9-11-24(12-10-23)16-18-7-5-17(6-8-18)14-21-20(25)22-15-19-4-3-13-26-19/h3-8,13H,2,9-12,14-16H2,1H3,(H2,21,22,25). The molecule has 0 spiro atoms. The number of nitrogens with zero attached hydrogens (tertiary/aromatic N) is 2. The summed E-state index contributed by atoms with van der Waals surface area (Å²) in [5.41, 5.74) is 2.42. The molecule has 0 bridgehead atoms. The molecule has 1 aromatic carbocycles. The molecule has 0 atom stereocenters. The van der Waals surface area contributed by atoms with Crippen LogP contribution in [0, 0.1) is 0 Å². The van der Waals surface area contributed by atoms with Crippen molar-refractivity contribution in [1.82, 2.24) is 20.4 Å². The van der Waals surface area contributed by atoms with Crippen LogP contribution >= 0.6 is 0 Å². The van der Waals surface area contributed by atoms with Crippen molar-refractivity contribution in [3.8, 4) is 0 Å². The fourth-order valence-electron chi connectivity index (χ4n) is 3.11. The monoisotopic (exact) mass is 356 g/mol. The molecule has 0 aliphatic carbocycles. The van der Waals surface area contributed by atoms with Crippen molar-refractivity contribution in [2.75, 3.05) is 32.7 Å². The molecule has 1 fully saturated rings. The Morgan fingerprint density at radius 2 is 1.62 bits per heavy atom. The van der Waals surface area contributed by atoms with Gasteiger partial charge in [-0.2, -0.15) is 0 Å². The third kappa shape index (κ3) is 5.61. The average molecular weight is 356 g/mol. The number of hydrogen-bond donors (Lipinski definition) is 2. The number of carbonyl (C=O) groups is 1. The van der Waals surface area contributed by atoms with E-state index in [1.807, 2.05) is 6.07 Å². The van der Waals surface area contributed by atoms with Crippen molar-refractivity contribution in [1.29, 1.82) is 0 Å². The number of urea groups is 1. The highest BCUT2D eigenvalue weighted by molar-refractivity contribution is 5.73. The van der Waals surface area contributed by atoms with E-state index in [4.69, 9.17) is 4.42 Å². The lowest BCUT2D eigenvalue weighted by molar-refractivity contribution is 0.132. The van der Waals surface area contributed by atoms with Gasteiger partial charge in [-0.25, -0.2) is 4.79 Å². The number of furan rings is 1. The second kappa shape index (κ2) is 9.40. The van der Waals surface area contributed by atoms with Crippen molar-refractivity contribution in [2.45, 2.75) is 26.6 Å². The van der Waals surface area contributed by atoms with E-state index in [0.29, 0.717) is 13.1 Å². The van der Waals surface area contributed by atoms with Crippen LogP contribution in [0.2, 0.25) is 0 Å². The Bertz CT molecular complexity index is 662. The number of piperazine rings is 1. The van der Waals surface area contributed by atoms with Crippen molar-refractivity contribution >= 4 is 6.03 Å². The highest BCUT2D eigenvalue weighted by Gasteiger charge is 2.15. The molecule has 1 aliphatic rings. The van der Waals surface area contributed by atoms with Gasteiger partial charge in [-0.1, -0.05) is 31.2 Å². The highest BCUT2D eigenvalue weighted by atomic mass is 16.3. The third-order valence-electron chi connectivity index (χ3n) is 4.80. The molecule has 3 rings (SSSR count).